The van der Waals surface area contributed by atoms with Crippen LogP contribution in [0.1, 0.15) is 54.7 Å². The molecule has 1 atom stereocenters. The highest BCUT2D eigenvalue weighted by molar-refractivity contribution is 7.14. The number of carbonyl (C=O) groups is 2. The second-order valence-electron chi connectivity index (χ2n) is 6.58. The van der Waals surface area contributed by atoms with E-state index in [0.717, 1.165) is 10.4 Å². The SMILES string of the molecule is Cc1cc(C(=O)N[C@H](C(=O)OC(C)(C)C)C(C)C)sc1C. The molecule has 0 aromatic carbocycles. The maximum atomic E-state index is 12.3. The number of hydrogen-bond acceptors (Lipinski definition) is 4. The van der Waals surface area contributed by atoms with Gasteiger partial charge in [0.1, 0.15) is 11.6 Å². The first kappa shape index (κ1) is 17.7. The van der Waals surface area contributed by atoms with Crippen molar-refractivity contribution >= 4 is 23.2 Å². The van der Waals surface area contributed by atoms with Gasteiger partial charge in [0.15, 0.2) is 0 Å². The summed E-state index contributed by atoms with van der Waals surface area (Å²) in [7, 11) is 0. The van der Waals surface area contributed by atoms with Crippen LogP contribution in [0.25, 0.3) is 0 Å². The van der Waals surface area contributed by atoms with Gasteiger partial charge in [-0.15, -0.1) is 11.3 Å². The van der Waals surface area contributed by atoms with Gasteiger partial charge in [0.2, 0.25) is 0 Å². The Kier molecular flexibility index (Phi) is 5.56. The first-order valence-electron chi connectivity index (χ1n) is 7.12. The molecule has 0 fully saturated rings. The van der Waals surface area contributed by atoms with Crippen LogP contribution >= 0.6 is 11.3 Å². The zero-order chi connectivity index (χ0) is 16.4. The van der Waals surface area contributed by atoms with Gasteiger partial charge in [-0.1, -0.05) is 13.8 Å². The summed E-state index contributed by atoms with van der Waals surface area (Å²) in [5.74, 6) is -0.650. The third kappa shape index (κ3) is 5.16. The molecule has 1 rings (SSSR count). The summed E-state index contributed by atoms with van der Waals surface area (Å²) in [5, 5.41) is 2.79. The van der Waals surface area contributed by atoms with Crippen molar-refractivity contribution in [2.75, 3.05) is 0 Å². The van der Waals surface area contributed by atoms with Gasteiger partial charge in [-0.05, 0) is 52.2 Å². The van der Waals surface area contributed by atoms with E-state index in [9.17, 15) is 9.59 Å². The fourth-order valence-corrected chi connectivity index (χ4v) is 2.70. The minimum Gasteiger partial charge on any atom is -0.458 e. The number of thiophene rings is 1. The number of rotatable bonds is 4. The number of aryl methyl sites for hydroxylation is 2. The van der Waals surface area contributed by atoms with Crippen LogP contribution in [-0.4, -0.2) is 23.5 Å². The van der Waals surface area contributed by atoms with Crippen LogP contribution in [0, 0.1) is 19.8 Å². The van der Waals surface area contributed by atoms with E-state index in [4.69, 9.17) is 4.74 Å². The molecule has 4 nitrogen and oxygen atoms in total. The van der Waals surface area contributed by atoms with Gasteiger partial charge < -0.3 is 10.1 Å². The van der Waals surface area contributed by atoms with E-state index in [1.165, 1.54) is 11.3 Å². The standard InChI is InChI=1S/C16H25NO3S/c1-9(2)13(15(19)20-16(5,6)7)17-14(18)12-8-10(3)11(4)21-12/h8-9,13H,1-7H3,(H,17,18)/t13-/m0/s1. The molecule has 0 aliphatic heterocycles. The van der Waals surface area contributed by atoms with Crippen LogP contribution in [0.5, 0.6) is 0 Å². The van der Waals surface area contributed by atoms with Crippen LogP contribution in [0.3, 0.4) is 0 Å². The fourth-order valence-electron chi connectivity index (χ4n) is 1.76. The third-order valence-electron chi connectivity index (χ3n) is 3.00. The lowest BCUT2D eigenvalue weighted by Gasteiger charge is -2.26. The Balaban J connectivity index is 2.83. The molecule has 0 bridgehead atoms. The maximum Gasteiger partial charge on any atom is 0.329 e. The van der Waals surface area contributed by atoms with Crippen molar-refractivity contribution in [3.63, 3.8) is 0 Å². The van der Waals surface area contributed by atoms with Crippen LogP contribution in [0.4, 0.5) is 0 Å². The van der Waals surface area contributed by atoms with Gasteiger partial charge in [-0.2, -0.15) is 0 Å². The molecule has 0 saturated heterocycles. The third-order valence-corrected chi connectivity index (χ3v) is 4.16. The van der Waals surface area contributed by atoms with Crippen molar-refractivity contribution in [3.05, 3.63) is 21.4 Å². The van der Waals surface area contributed by atoms with Crippen LogP contribution in [0.15, 0.2) is 6.07 Å². The van der Waals surface area contributed by atoms with Crippen molar-refractivity contribution < 1.29 is 14.3 Å². The summed E-state index contributed by atoms with van der Waals surface area (Å²) in [5.41, 5.74) is 0.522. The van der Waals surface area contributed by atoms with Crippen LogP contribution < -0.4 is 5.32 Å². The van der Waals surface area contributed by atoms with Crippen molar-refractivity contribution in [1.82, 2.24) is 5.32 Å². The number of amides is 1. The zero-order valence-corrected chi connectivity index (χ0v) is 14.7. The van der Waals surface area contributed by atoms with E-state index in [1.54, 1.807) is 0 Å². The lowest BCUT2D eigenvalue weighted by atomic mass is 10.0. The number of nitrogens with one attached hydrogen (secondary N) is 1. The molecule has 0 aliphatic rings. The molecule has 1 heterocycles. The monoisotopic (exact) mass is 311 g/mol. The topological polar surface area (TPSA) is 55.4 Å². The number of ether oxygens (including phenoxy) is 1. The quantitative estimate of drug-likeness (QED) is 0.866. The fraction of sp³-hybridized carbons (Fsp3) is 0.625. The highest BCUT2D eigenvalue weighted by Gasteiger charge is 2.29. The first-order chi connectivity index (χ1) is 9.51. The minimum absolute atomic E-state index is 0.0362. The Hall–Kier alpha value is -1.36. The molecule has 5 heteroatoms. The molecule has 1 N–H and O–H groups in total. The molecule has 0 spiro atoms. The lowest BCUT2D eigenvalue weighted by molar-refractivity contribution is -0.158. The molecule has 1 aromatic rings. The highest BCUT2D eigenvalue weighted by atomic mass is 32.1. The average Bonchev–Trinajstić information content (AvgIpc) is 2.63. The van der Waals surface area contributed by atoms with Crippen LogP contribution in [0.2, 0.25) is 0 Å². The summed E-state index contributed by atoms with van der Waals surface area (Å²) >= 11 is 1.44. The first-order valence-corrected chi connectivity index (χ1v) is 7.93. The molecule has 1 amide bonds. The maximum absolute atomic E-state index is 12.3. The summed E-state index contributed by atoms with van der Waals surface area (Å²) in [6.45, 7) is 13.2. The second kappa shape index (κ2) is 6.60. The Morgan fingerprint density at radius 3 is 2.19 bits per heavy atom. The summed E-state index contributed by atoms with van der Waals surface area (Å²) in [4.78, 5) is 26.2. The minimum atomic E-state index is -0.639. The summed E-state index contributed by atoms with van der Waals surface area (Å²) in [6.07, 6.45) is 0. The van der Waals surface area contributed by atoms with Gasteiger partial charge in [-0.25, -0.2) is 4.79 Å². The largest absolute Gasteiger partial charge is 0.458 e. The molecule has 0 aliphatic carbocycles. The smallest absolute Gasteiger partial charge is 0.329 e. The Morgan fingerprint density at radius 1 is 1.24 bits per heavy atom. The molecular weight excluding hydrogens is 286 g/mol. The molecule has 0 saturated carbocycles. The van der Waals surface area contributed by atoms with Crippen molar-refractivity contribution in [2.24, 2.45) is 5.92 Å². The van der Waals surface area contributed by atoms with Gasteiger partial charge in [0, 0.05) is 4.88 Å². The zero-order valence-electron chi connectivity index (χ0n) is 13.9. The van der Waals surface area contributed by atoms with Gasteiger partial charge >= 0.3 is 5.97 Å². The number of esters is 1. The summed E-state index contributed by atoms with van der Waals surface area (Å²) < 4.78 is 5.38. The van der Waals surface area contributed by atoms with E-state index >= 15 is 0 Å². The number of carbonyl (C=O) groups excluding carboxylic acids is 2. The van der Waals surface area contributed by atoms with Gasteiger partial charge in [-0.3, -0.25) is 4.79 Å². The number of hydrogen-bond donors (Lipinski definition) is 1. The molecule has 0 radical (unpaired) electrons. The molecule has 1 aromatic heterocycles. The molecule has 118 valence electrons. The van der Waals surface area contributed by atoms with E-state index in [0.29, 0.717) is 4.88 Å². The predicted octanol–water partition coefficient (Wildman–Crippen LogP) is 3.46. The van der Waals surface area contributed by atoms with Crippen molar-refractivity contribution in [1.29, 1.82) is 0 Å². The van der Waals surface area contributed by atoms with E-state index < -0.39 is 17.6 Å². The van der Waals surface area contributed by atoms with E-state index in [2.05, 4.69) is 5.32 Å². The van der Waals surface area contributed by atoms with E-state index in [1.807, 2.05) is 54.5 Å². The molecule has 21 heavy (non-hydrogen) atoms. The van der Waals surface area contributed by atoms with Gasteiger partial charge in [0.25, 0.3) is 5.91 Å². The molecule has 0 unspecified atom stereocenters. The van der Waals surface area contributed by atoms with Gasteiger partial charge in [0.05, 0.1) is 4.88 Å². The lowest BCUT2D eigenvalue weighted by Crippen LogP contribution is -2.47. The normalized spacial score (nSPS) is 13.1. The Labute approximate surface area is 130 Å². The van der Waals surface area contributed by atoms with Crippen LogP contribution in [-0.2, 0) is 9.53 Å². The van der Waals surface area contributed by atoms with E-state index in [-0.39, 0.29) is 11.8 Å². The molecular formula is C16H25NO3S. The highest BCUT2D eigenvalue weighted by Crippen LogP contribution is 2.21. The van der Waals surface area contributed by atoms with Crippen molar-refractivity contribution in [3.8, 4) is 0 Å². The second-order valence-corrected chi connectivity index (χ2v) is 7.83. The Morgan fingerprint density at radius 2 is 1.81 bits per heavy atom. The Bertz CT molecular complexity index is 507. The van der Waals surface area contributed by atoms with Crippen molar-refractivity contribution in [2.45, 2.75) is 60.1 Å². The summed E-state index contributed by atoms with van der Waals surface area (Å²) in [6, 6.07) is 1.21. The predicted molar refractivity (Wildman–Crippen MR) is 85.7 cm³/mol. The average molecular weight is 311 g/mol.